The van der Waals surface area contributed by atoms with E-state index in [-0.39, 0.29) is 4.90 Å². The Morgan fingerprint density at radius 2 is 1.88 bits per heavy atom. The Morgan fingerprint density at radius 1 is 1.12 bits per heavy atom. The number of ether oxygens (including phenoxy) is 1. The van der Waals surface area contributed by atoms with Crippen molar-refractivity contribution in [3.05, 3.63) is 54.4 Å². The first kappa shape index (κ1) is 17.7. The van der Waals surface area contributed by atoms with Crippen molar-refractivity contribution >= 4 is 27.3 Å². The van der Waals surface area contributed by atoms with Crippen molar-refractivity contribution in [3.8, 4) is 5.75 Å². The highest BCUT2D eigenvalue weighted by atomic mass is 32.2. The van der Waals surface area contributed by atoms with Crippen molar-refractivity contribution in [1.82, 2.24) is 10.1 Å². The minimum Gasteiger partial charge on any atom is -0.494 e. The van der Waals surface area contributed by atoms with E-state index in [2.05, 4.69) is 20.2 Å². The summed E-state index contributed by atoms with van der Waals surface area (Å²) in [6, 6.07) is 11.2. The predicted molar refractivity (Wildman–Crippen MR) is 97.2 cm³/mol. The molecule has 0 aliphatic heterocycles. The molecule has 8 nitrogen and oxygen atoms in total. The normalized spacial score (nSPS) is 11.2. The second-order valence-corrected chi connectivity index (χ2v) is 7.07. The number of anilines is 3. The first-order valence-electron chi connectivity index (χ1n) is 7.88. The molecule has 2 aromatic heterocycles. The summed E-state index contributed by atoms with van der Waals surface area (Å²) in [7, 11) is -3.71. The minimum atomic E-state index is -3.71. The average molecular weight is 374 g/mol. The lowest BCUT2D eigenvalue weighted by atomic mass is 10.3. The van der Waals surface area contributed by atoms with Gasteiger partial charge in [-0.15, -0.1) is 0 Å². The molecule has 0 spiro atoms. The summed E-state index contributed by atoms with van der Waals surface area (Å²) in [5.74, 6) is 2.33. The third kappa shape index (κ3) is 4.31. The SMILES string of the molecule is CCOc1ccc(S(=O)(=O)Nc2ccc(Nc3cc(C)on3)nc2)cc1. The molecule has 0 amide bonds. The molecular weight excluding hydrogens is 356 g/mol. The quantitative estimate of drug-likeness (QED) is 0.653. The molecular formula is C17H18N4O4S. The fourth-order valence-corrected chi connectivity index (χ4v) is 3.22. The summed E-state index contributed by atoms with van der Waals surface area (Å²) >= 11 is 0. The Hall–Kier alpha value is -3.07. The van der Waals surface area contributed by atoms with Gasteiger partial charge in [0.25, 0.3) is 10.0 Å². The van der Waals surface area contributed by atoms with Gasteiger partial charge in [-0.2, -0.15) is 0 Å². The van der Waals surface area contributed by atoms with Gasteiger partial charge in [-0.3, -0.25) is 4.72 Å². The van der Waals surface area contributed by atoms with E-state index in [9.17, 15) is 8.42 Å². The van der Waals surface area contributed by atoms with Crippen molar-refractivity contribution in [2.75, 3.05) is 16.6 Å². The van der Waals surface area contributed by atoms with E-state index >= 15 is 0 Å². The fraction of sp³-hybridized carbons (Fsp3) is 0.176. The summed E-state index contributed by atoms with van der Waals surface area (Å²) in [5, 5.41) is 6.76. The van der Waals surface area contributed by atoms with Crippen LogP contribution in [0.3, 0.4) is 0 Å². The molecule has 136 valence electrons. The molecule has 0 radical (unpaired) electrons. The molecule has 0 saturated heterocycles. The Kier molecular flexibility index (Phi) is 5.08. The van der Waals surface area contributed by atoms with Gasteiger partial charge in [0.05, 0.1) is 23.4 Å². The summed E-state index contributed by atoms with van der Waals surface area (Å²) in [5.41, 5.74) is 0.348. The number of aryl methyl sites for hydroxylation is 1. The van der Waals surface area contributed by atoms with E-state index in [1.807, 2.05) is 6.92 Å². The lowest BCUT2D eigenvalue weighted by Gasteiger charge is -2.09. The highest BCUT2D eigenvalue weighted by Gasteiger charge is 2.14. The second-order valence-electron chi connectivity index (χ2n) is 5.39. The number of aromatic nitrogens is 2. The summed E-state index contributed by atoms with van der Waals surface area (Å²) < 4.78 is 37.6. The molecule has 1 aromatic carbocycles. The molecule has 26 heavy (non-hydrogen) atoms. The molecule has 0 unspecified atom stereocenters. The van der Waals surface area contributed by atoms with E-state index in [0.29, 0.717) is 35.4 Å². The van der Waals surface area contributed by atoms with Gasteiger partial charge in [0.1, 0.15) is 17.3 Å². The van der Waals surface area contributed by atoms with Crippen molar-refractivity contribution in [2.24, 2.45) is 0 Å². The van der Waals surface area contributed by atoms with Crippen molar-refractivity contribution in [3.63, 3.8) is 0 Å². The second kappa shape index (κ2) is 7.44. The number of nitrogens with one attached hydrogen (secondary N) is 2. The van der Waals surface area contributed by atoms with Crippen molar-refractivity contribution < 1.29 is 17.7 Å². The van der Waals surface area contributed by atoms with E-state index in [1.54, 1.807) is 37.3 Å². The maximum atomic E-state index is 12.4. The largest absolute Gasteiger partial charge is 0.494 e. The number of nitrogens with zero attached hydrogens (tertiary/aromatic N) is 2. The summed E-state index contributed by atoms with van der Waals surface area (Å²) in [4.78, 5) is 4.30. The van der Waals surface area contributed by atoms with Crippen LogP contribution in [-0.2, 0) is 10.0 Å². The monoisotopic (exact) mass is 374 g/mol. The summed E-state index contributed by atoms with van der Waals surface area (Å²) in [6.07, 6.45) is 1.42. The van der Waals surface area contributed by atoms with E-state index in [1.165, 1.54) is 18.3 Å². The predicted octanol–water partition coefficient (Wildman–Crippen LogP) is 3.32. The van der Waals surface area contributed by atoms with Crippen LogP contribution in [0.4, 0.5) is 17.3 Å². The standard InChI is InChI=1S/C17H18N4O4S/c1-3-24-14-5-7-15(8-6-14)26(22,23)21-13-4-9-16(18-11-13)19-17-10-12(2)25-20-17/h4-11,21H,3H2,1-2H3,(H,18,19,20). The van der Waals surface area contributed by atoms with Crippen LogP contribution in [0, 0.1) is 6.92 Å². The maximum absolute atomic E-state index is 12.4. The van der Waals surface area contributed by atoms with Crippen LogP contribution in [0.25, 0.3) is 0 Å². The van der Waals surface area contributed by atoms with Gasteiger partial charge in [0.15, 0.2) is 5.82 Å². The van der Waals surface area contributed by atoms with Gasteiger partial charge in [-0.25, -0.2) is 13.4 Å². The number of hydrogen-bond donors (Lipinski definition) is 2. The van der Waals surface area contributed by atoms with E-state index in [0.717, 1.165) is 0 Å². The fourth-order valence-electron chi connectivity index (χ4n) is 2.18. The van der Waals surface area contributed by atoms with Gasteiger partial charge in [0, 0.05) is 6.07 Å². The number of pyridine rings is 1. The molecule has 0 aliphatic carbocycles. The highest BCUT2D eigenvalue weighted by molar-refractivity contribution is 7.92. The van der Waals surface area contributed by atoms with Crippen LogP contribution in [0.5, 0.6) is 5.75 Å². The van der Waals surface area contributed by atoms with Gasteiger partial charge >= 0.3 is 0 Å². The minimum absolute atomic E-state index is 0.140. The van der Waals surface area contributed by atoms with Crippen LogP contribution >= 0.6 is 0 Å². The topological polar surface area (TPSA) is 106 Å². The average Bonchev–Trinajstić information content (AvgIpc) is 3.02. The van der Waals surface area contributed by atoms with Crippen LogP contribution < -0.4 is 14.8 Å². The van der Waals surface area contributed by atoms with Gasteiger partial charge in [-0.1, -0.05) is 5.16 Å². The molecule has 0 bridgehead atoms. The lowest BCUT2D eigenvalue weighted by Crippen LogP contribution is -2.13. The Balaban J connectivity index is 1.69. The third-order valence-electron chi connectivity index (χ3n) is 3.34. The highest BCUT2D eigenvalue weighted by Crippen LogP contribution is 2.20. The van der Waals surface area contributed by atoms with Crippen molar-refractivity contribution in [1.29, 1.82) is 0 Å². The van der Waals surface area contributed by atoms with E-state index < -0.39 is 10.0 Å². The molecule has 0 aliphatic rings. The Labute approximate surface area is 151 Å². The summed E-state index contributed by atoms with van der Waals surface area (Å²) in [6.45, 7) is 4.16. The Morgan fingerprint density at radius 3 is 2.46 bits per heavy atom. The molecule has 0 saturated carbocycles. The lowest BCUT2D eigenvalue weighted by molar-refractivity contribution is 0.340. The molecule has 0 atom stereocenters. The molecule has 2 N–H and O–H groups in total. The Bertz CT molecular complexity index is 967. The third-order valence-corrected chi connectivity index (χ3v) is 4.74. The zero-order valence-electron chi connectivity index (χ0n) is 14.3. The molecule has 9 heteroatoms. The van der Waals surface area contributed by atoms with Gasteiger partial charge in [0.2, 0.25) is 0 Å². The molecule has 2 heterocycles. The van der Waals surface area contributed by atoms with Crippen LogP contribution in [0.1, 0.15) is 12.7 Å². The van der Waals surface area contributed by atoms with Gasteiger partial charge in [-0.05, 0) is 50.2 Å². The van der Waals surface area contributed by atoms with E-state index in [4.69, 9.17) is 9.26 Å². The smallest absolute Gasteiger partial charge is 0.261 e. The van der Waals surface area contributed by atoms with Crippen LogP contribution in [0.2, 0.25) is 0 Å². The maximum Gasteiger partial charge on any atom is 0.261 e. The number of benzene rings is 1. The first-order valence-corrected chi connectivity index (χ1v) is 9.36. The first-order chi connectivity index (χ1) is 12.5. The van der Waals surface area contributed by atoms with Crippen molar-refractivity contribution in [2.45, 2.75) is 18.7 Å². The van der Waals surface area contributed by atoms with Gasteiger partial charge < -0.3 is 14.6 Å². The zero-order valence-corrected chi connectivity index (χ0v) is 15.1. The number of hydrogen-bond acceptors (Lipinski definition) is 7. The molecule has 3 aromatic rings. The number of rotatable bonds is 7. The molecule has 0 fully saturated rings. The van der Waals surface area contributed by atoms with Crippen LogP contribution in [0.15, 0.2) is 58.1 Å². The zero-order chi connectivity index (χ0) is 18.6. The van der Waals surface area contributed by atoms with Crippen LogP contribution in [-0.4, -0.2) is 25.2 Å². The molecule has 3 rings (SSSR count). The number of sulfonamides is 1.